The molecule has 2 heterocycles. The van der Waals surface area contributed by atoms with Crippen LogP contribution in [0.3, 0.4) is 0 Å². The Kier molecular flexibility index (Phi) is 6.33. The number of esters is 1. The van der Waals surface area contributed by atoms with Crippen molar-refractivity contribution < 1.29 is 14.3 Å². The molecule has 0 radical (unpaired) electrons. The first-order valence-electron chi connectivity index (χ1n) is 9.33. The summed E-state index contributed by atoms with van der Waals surface area (Å²) < 4.78 is 6.10. The van der Waals surface area contributed by atoms with Gasteiger partial charge in [-0.25, -0.2) is 9.78 Å². The Morgan fingerprint density at radius 2 is 1.87 bits per heavy atom. The molecule has 0 aliphatic heterocycles. The van der Waals surface area contributed by atoms with E-state index in [1.807, 2.05) is 32.8 Å². The van der Waals surface area contributed by atoms with Crippen LogP contribution in [0.2, 0.25) is 0 Å². The summed E-state index contributed by atoms with van der Waals surface area (Å²) in [6.07, 6.45) is 0. The predicted molar refractivity (Wildman–Crippen MR) is 117 cm³/mol. The fraction of sp³-hybridized carbons (Fsp3) is 0.333. The number of carbonyl (C=O) groups is 2. The second kappa shape index (κ2) is 8.76. The number of aryl methyl sites for hydroxylation is 2. The summed E-state index contributed by atoms with van der Waals surface area (Å²) >= 11 is 1.49. The number of ether oxygens (including phenoxy) is 1. The summed E-state index contributed by atoms with van der Waals surface area (Å²) in [5.74, 6) is -0.267. The van der Waals surface area contributed by atoms with E-state index >= 15 is 0 Å². The molecule has 1 aromatic carbocycles. The molecular weight excluding hydrogens is 404 g/mol. The number of methoxy groups -OCH3 is 1. The lowest BCUT2D eigenvalue weighted by molar-refractivity contribution is -0.116. The first kappa shape index (κ1) is 21.7. The number of hydrogen-bond donors (Lipinski definition) is 1. The highest BCUT2D eigenvalue weighted by Gasteiger charge is 2.18. The highest BCUT2D eigenvalue weighted by atomic mass is 32.1. The Balaban J connectivity index is 1.90. The maximum atomic E-state index is 13.2. The van der Waals surface area contributed by atoms with Crippen molar-refractivity contribution in [3.8, 4) is 0 Å². The van der Waals surface area contributed by atoms with Gasteiger partial charge in [0, 0.05) is 10.6 Å². The van der Waals surface area contributed by atoms with Crippen molar-refractivity contribution in [3.63, 3.8) is 0 Å². The topological polar surface area (TPSA) is 93.5 Å². The molecule has 0 atom stereocenters. The number of amides is 1. The zero-order chi connectivity index (χ0) is 22.0. The summed E-state index contributed by atoms with van der Waals surface area (Å²) in [7, 11) is 5.08. The Labute approximate surface area is 178 Å². The predicted octanol–water partition coefficient (Wildman–Crippen LogP) is 2.56. The minimum Gasteiger partial charge on any atom is -0.465 e. The number of fused-ring (bicyclic) bond motifs is 1. The van der Waals surface area contributed by atoms with Gasteiger partial charge in [0.05, 0.1) is 24.6 Å². The van der Waals surface area contributed by atoms with Crippen LogP contribution in [0.25, 0.3) is 10.2 Å². The molecule has 8 nitrogen and oxygen atoms in total. The molecule has 0 fully saturated rings. The van der Waals surface area contributed by atoms with Crippen LogP contribution in [-0.2, 0) is 22.6 Å². The number of aromatic nitrogens is 2. The molecule has 2 aromatic heterocycles. The summed E-state index contributed by atoms with van der Waals surface area (Å²) in [5.41, 5.74) is 1.59. The summed E-state index contributed by atoms with van der Waals surface area (Å²) in [6, 6.07) is 6.36. The lowest BCUT2D eigenvalue weighted by atomic mass is 10.2. The second-order valence-corrected chi connectivity index (χ2v) is 8.44. The monoisotopic (exact) mass is 428 g/mol. The molecule has 3 aromatic rings. The summed E-state index contributed by atoms with van der Waals surface area (Å²) in [4.78, 5) is 45.7. The molecule has 1 N–H and O–H groups in total. The van der Waals surface area contributed by atoms with Crippen molar-refractivity contribution in [1.82, 2.24) is 14.5 Å². The van der Waals surface area contributed by atoms with Crippen molar-refractivity contribution >= 4 is 39.1 Å². The van der Waals surface area contributed by atoms with Crippen LogP contribution in [0.5, 0.6) is 0 Å². The lowest BCUT2D eigenvalue weighted by Crippen LogP contribution is -2.32. The Morgan fingerprint density at radius 1 is 1.20 bits per heavy atom. The highest BCUT2D eigenvalue weighted by molar-refractivity contribution is 7.18. The Bertz CT molecular complexity index is 1160. The van der Waals surface area contributed by atoms with Gasteiger partial charge in [0.15, 0.2) is 0 Å². The zero-order valence-corrected chi connectivity index (χ0v) is 18.4. The average molecular weight is 429 g/mol. The van der Waals surface area contributed by atoms with Gasteiger partial charge in [-0.05, 0) is 57.8 Å². The van der Waals surface area contributed by atoms with Crippen LogP contribution in [-0.4, -0.2) is 47.5 Å². The van der Waals surface area contributed by atoms with Crippen molar-refractivity contribution in [3.05, 3.63) is 56.4 Å². The molecule has 0 unspecified atom stereocenters. The van der Waals surface area contributed by atoms with Gasteiger partial charge in [0.25, 0.3) is 5.56 Å². The molecule has 0 spiro atoms. The SMILES string of the molecule is COC(=O)c1ccc(NC(=O)Cn2c(CN(C)C)nc3sc(C)c(C)c3c2=O)cc1. The third kappa shape index (κ3) is 4.42. The molecule has 9 heteroatoms. The van der Waals surface area contributed by atoms with Gasteiger partial charge in [-0.15, -0.1) is 11.3 Å². The van der Waals surface area contributed by atoms with Crippen LogP contribution in [0.15, 0.2) is 29.1 Å². The maximum Gasteiger partial charge on any atom is 0.337 e. The average Bonchev–Trinajstić information content (AvgIpc) is 2.98. The number of benzene rings is 1. The number of nitrogens with one attached hydrogen (secondary N) is 1. The first-order valence-corrected chi connectivity index (χ1v) is 10.1. The standard InChI is InChI=1S/C21H24N4O4S/c1-12-13(2)30-19-18(12)20(27)25(16(23-19)10-24(3)4)11-17(26)22-15-8-6-14(7-9-15)21(28)29-5/h6-9H,10-11H2,1-5H3,(H,22,26). The van der Waals surface area contributed by atoms with Crippen LogP contribution in [0.1, 0.15) is 26.6 Å². The van der Waals surface area contributed by atoms with E-state index in [0.29, 0.717) is 33.8 Å². The van der Waals surface area contributed by atoms with Crippen molar-refractivity contribution in [2.24, 2.45) is 0 Å². The van der Waals surface area contributed by atoms with Crippen molar-refractivity contribution in [2.75, 3.05) is 26.5 Å². The van der Waals surface area contributed by atoms with E-state index in [4.69, 9.17) is 0 Å². The second-order valence-electron chi connectivity index (χ2n) is 7.24. The van der Waals surface area contributed by atoms with E-state index in [1.54, 1.807) is 24.3 Å². The normalized spacial score (nSPS) is 11.1. The Morgan fingerprint density at radius 3 is 2.47 bits per heavy atom. The van der Waals surface area contributed by atoms with Gasteiger partial charge in [0.2, 0.25) is 5.91 Å². The molecule has 1 amide bonds. The highest BCUT2D eigenvalue weighted by Crippen LogP contribution is 2.26. The third-order valence-electron chi connectivity index (χ3n) is 4.72. The zero-order valence-electron chi connectivity index (χ0n) is 17.6. The van der Waals surface area contributed by atoms with Crippen molar-refractivity contribution in [2.45, 2.75) is 26.9 Å². The smallest absolute Gasteiger partial charge is 0.337 e. The minimum atomic E-state index is -0.450. The van der Waals surface area contributed by atoms with Crippen LogP contribution in [0, 0.1) is 13.8 Å². The molecular formula is C21H24N4O4S. The van der Waals surface area contributed by atoms with Gasteiger partial charge < -0.3 is 15.0 Å². The Hall–Kier alpha value is -3.04. The van der Waals surface area contributed by atoms with Gasteiger partial charge >= 0.3 is 5.97 Å². The third-order valence-corrected chi connectivity index (χ3v) is 5.82. The number of thiophene rings is 1. The van der Waals surface area contributed by atoms with Gasteiger partial charge in [-0.1, -0.05) is 0 Å². The van der Waals surface area contributed by atoms with Gasteiger partial charge in [-0.3, -0.25) is 14.2 Å². The molecule has 0 saturated heterocycles. The fourth-order valence-electron chi connectivity index (χ4n) is 3.09. The molecule has 0 aliphatic rings. The molecule has 158 valence electrons. The molecule has 30 heavy (non-hydrogen) atoms. The summed E-state index contributed by atoms with van der Waals surface area (Å²) in [6.45, 7) is 4.14. The maximum absolute atomic E-state index is 13.2. The molecule has 3 rings (SSSR count). The fourth-order valence-corrected chi connectivity index (χ4v) is 4.13. The van der Waals surface area contributed by atoms with E-state index < -0.39 is 5.97 Å². The van der Waals surface area contributed by atoms with E-state index in [-0.39, 0.29) is 18.0 Å². The summed E-state index contributed by atoms with van der Waals surface area (Å²) in [5, 5.41) is 3.33. The van der Waals surface area contributed by atoms with E-state index in [9.17, 15) is 14.4 Å². The van der Waals surface area contributed by atoms with Gasteiger partial charge in [-0.2, -0.15) is 0 Å². The number of anilines is 1. The molecule has 0 bridgehead atoms. The minimum absolute atomic E-state index is 0.155. The largest absolute Gasteiger partial charge is 0.465 e. The van der Waals surface area contributed by atoms with Crippen LogP contribution < -0.4 is 10.9 Å². The number of rotatable bonds is 6. The lowest BCUT2D eigenvalue weighted by Gasteiger charge is -2.16. The number of nitrogens with zero attached hydrogens (tertiary/aromatic N) is 3. The van der Waals surface area contributed by atoms with Crippen molar-refractivity contribution in [1.29, 1.82) is 0 Å². The molecule has 0 saturated carbocycles. The van der Waals surface area contributed by atoms with Crippen LogP contribution >= 0.6 is 11.3 Å². The van der Waals surface area contributed by atoms with Gasteiger partial charge in [0.1, 0.15) is 17.2 Å². The van der Waals surface area contributed by atoms with E-state index in [0.717, 1.165) is 10.4 Å². The van der Waals surface area contributed by atoms with Crippen LogP contribution in [0.4, 0.5) is 5.69 Å². The quantitative estimate of drug-likeness (QED) is 0.607. The van der Waals surface area contributed by atoms with E-state index in [2.05, 4.69) is 15.0 Å². The molecule has 0 aliphatic carbocycles. The van der Waals surface area contributed by atoms with E-state index in [1.165, 1.54) is 23.0 Å². The first-order chi connectivity index (χ1) is 14.2. The number of carbonyl (C=O) groups excluding carboxylic acids is 2. The number of hydrogen-bond acceptors (Lipinski definition) is 7.